The molecule has 2 aromatic heterocycles. The van der Waals surface area contributed by atoms with Crippen molar-refractivity contribution in [3.05, 3.63) is 63.2 Å². The summed E-state index contributed by atoms with van der Waals surface area (Å²) in [4.78, 5) is 29.3. The van der Waals surface area contributed by atoms with E-state index in [1.165, 1.54) is 0 Å². The van der Waals surface area contributed by atoms with E-state index in [9.17, 15) is 23.1 Å². The molecule has 2 heterocycles. The predicted octanol–water partition coefficient (Wildman–Crippen LogP) is 2.02. The van der Waals surface area contributed by atoms with E-state index in [0.717, 1.165) is 35.6 Å². The van der Waals surface area contributed by atoms with Crippen molar-refractivity contribution in [2.45, 2.75) is 55.8 Å². The maximum Gasteiger partial charge on any atom is 0.340 e. The number of nitrogens with one attached hydrogen (secondary N) is 1. The molecule has 0 bridgehead atoms. The lowest BCUT2D eigenvalue weighted by atomic mass is 10.0. The molecule has 13 heteroatoms. The molecule has 0 aliphatic carbocycles. The maximum atomic E-state index is 13.7. The van der Waals surface area contributed by atoms with Gasteiger partial charge in [0.25, 0.3) is 0 Å². The number of benzene rings is 1. The van der Waals surface area contributed by atoms with Gasteiger partial charge >= 0.3 is 5.97 Å². The summed E-state index contributed by atoms with van der Waals surface area (Å²) in [6.45, 7) is 5.60. The molecule has 0 aliphatic heterocycles. The van der Waals surface area contributed by atoms with Crippen LogP contribution in [0.15, 0.2) is 41.4 Å². The lowest BCUT2D eigenvalue weighted by Crippen LogP contribution is -2.69. The van der Waals surface area contributed by atoms with E-state index in [0.29, 0.717) is 29.1 Å². The number of rotatable bonds is 12. The van der Waals surface area contributed by atoms with E-state index in [4.69, 9.17) is 11.5 Å². The van der Waals surface area contributed by atoms with Crippen molar-refractivity contribution >= 4 is 38.7 Å². The summed E-state index contributed by atoms with van der Waals surface area (Å²) in [7, 11) is -4.63. The predicted molar refractivity (Wildman–Crippen MR) is 140 cm³/mol. The van der Waals surface area contributed by atoms with Gasteiger partial charge in [-0.3, -0.25) is 4.79 Å². The average molecular weight is 547 g/mol. The first-order valence-corrected chi connectivity index (χ1v) is 13.9. The van der Waals surface area contributed by atoms with Gasteiger partial charge in [-0.2, -0.15) is 0 Å². The second-order valence-electron chi connectivity index (χ2n) is 8.86. The average Bonchev–Trinajstić information content (AvgIpc) is 3.27. The van der Waals surface area contributed by atoms with Gasteiger partial charge in [-0.1, -0.05) is 35.1 Å². The Morgan fingerprint density at radius 3 is 2.38 bits per heavy atom. The first-order valence-electron chi connectivity index (χ1n) is 11.5. The molecule has 1 atom stereocenters. The SMILES string of the molecule is Cc1cc(C)c(S(=O)(=O)C(C(=O)c2nnc(CCCCNc3ccccn3)s2)C(N)(N)C(=O)O)c(C)c1. The van der Waals surface area contributed by atoms with Gasteiger partial charge in [0.05, 0.1) is 4.90 Å². The van der Waals surface area contributed by atoms with E-state index < -0.39 is 32.5 Å². The zero-order valence-electron chi connectivity index (χ0n) is 20.8. The topological polar surface area (TPSA) is 191 Å². The van der Waals surface area contributed by atoms with Gasteiger partial charge in [-0.25, -0.2) is 18.2 Å². The minimum atomic E-state index is -4.63. The van der Waals surface area contributed by atoms with Crippen LogP contribution in [0.5, 0.6) is 0 Å². The Labute approximate surface area is 219 Å². The smallest absolute Gasteiger partial charge is 0.340 e. The van der Waals surface area contributed by atoms with Gasteiger partial charge in [0, 0.05) is 19.2 Å². The largest absolute Gasteiger partial charge is 0.479 e. The number of unbranched alkanes of at least 4 members (excludes halogenated alkanes) is 1. The zero-order valence-corrected chi connectivity index (χ0v) is 22.4. The van der Waals surface area contributed by atoms with Crippen molar-refractivity contribution in [3.63, 3.8) is 0 Å². The number of hydrogen-bond donors (Lipinski definition) is 4. The molecule has 0 saturated heterocycles. The van der Waals surface area contributed by atoms with Gasteiger partial charge in [0.1, 0.15) is 10.8 Å². The number of sulfone groups is 1. The monoisotopic (exact) mass is 546 g/mol. The van der Waals surface area contributed by atoms with Crippen LogP contribution in [0.4, 0.5) is 5.82 Å². The van der Waals surface area contributed by atoms with E-state index in [2.05, 4.69) is 20.5 Å². The highest BCUT2D eigenvalue weighted by Gasteiger charge is 2.53. The molecular formula is C24H30N6O5S2. The number of carbonyl (C=O) groups excluding carboxylic acids is 1. The number of anilines is 1. The van der Waals surface area contributed by atoms with Gasteiger partial charge in [-0.05, 0) is 56.9 Å². The molecule has 0 aliphatic rings. The summed E-state index contributed by atoms with van der Waals surface area (Å²) >= 11 is 0.901. The molecule has 0 spiro atoms. The lowest BCUT2D eigenvalue weighted by molar-refractivity contribution is -0.142. The van der Waals surface area contributed by atoms with Crippen LogP contribution in [0.25, 0.3) is 0 Å². The summed E-state index contributed by atoms with van der Waals surface area (Å²) < 4.78 is 27.4. The molecule has 37 heavy (non-hydrogen) atoms. The molecular weight excluding hydrogens is 516 g/mol. The number of carboxylic acid groups (broad SMARTS) is 1. The van der Waals surface area contributed by atoms with E-state index in [1.54, 1.807) is 39.1 Å². The Kier molecular flexibility index (Phi) is 8.74. The van der Waals surface area contributed by atoms with Crippen LogP contribution in [0.2, 0.25) is 0 Å². The third-order valence-electron chi connectivity index (χ3n) is 5.71. The number of hydrogen-bond acceptors (Lipinski definition) is 11. The van der Waals surface area contributed by atoms with Crippen LogP contribution < -0.4 is 16.8 Å². The fourth-order valence-electron chi connectivity index (χ4n) is 4.11. The number of ketones is 1. The number of Topliss-reactive ketones (excluding diaryl/α,β-unsaturated/α-hetero) is 1. The standard InChI is InChI=1S/C24H30N6O5S2/c1-14-12-15(2)20(16(3)13-14)37(34,35)21(24(25,26)23(32)33)19(31)22-30-29-18(36-22)9-5-7-11-28-17-8-4-6-10-27-17/h4,6,8,10,12-13,21H,5,7,9,11,25-26H2,1-3H3,(H,27,28)(H,32,33). The molecule has 6 N–H and O–H groups in total. The van der Waals surface area contributed by atoms with Crippen molar-refractivity contribution in [2.75, 3.05) is 11.9 Å². The van der Waals surface area contributed by atoms with E-state index in [1.807, 2.05) is 18.2 Å². The second-order valence-corrected chi connectivity index (χ2v) is 11.9. The fourth-order valence-corrected chi connectivity index (χ4v) is 7.30. The van der Waals surface area contributed by atoms with Gasteiger partial charge in [-0.15, -0.1) is 10.2 Å². The summed E-state index contributed by atoms with van der Waals surface area (Å²) in [5.74, 6) is -2.17. The third-order valence-corrected chi connectivity index (χ3v) is 9.14. The highest BCUT2D eigenvalue weighted by Crippen LogP contribution is 2.31. The van der Waals surface area contributed by atoms with Crippen LogP contribution in [-0.2, 0) is 21.1 Å². The molecule has 198 valence electrons. The Hall–Kier alpha value is -3.26. The Balaban J connectivity index is 1.81. The first kappa shape index (κ1) is 28.3. The highest BCUT2D eigenvalue weighted by molar-refractivity contribution is 7.93. The first-order chi connectivity index (χ1) is 17.4. The van der Waals surface area contributed by atoms with Crippen molar-refractivity contribution in [3.8, 4) is 0 Å². The molecule has 0 amide bonds. The van der Waals surface area contributed by atoms with Crippen molar-refractivity contribution in [1.29, 1.82) is 0 Å². The molecule has 11 nitrogen and oxygen atoms in total. The van der Waals surface area contributed by atoms with Crippen molar-refractivity contribution in [2.24, 2.45) is 11.5 Å². The molecule has 0 fully saturated rings. The van der Waals surface area contributed by atoms with Crippen LogP contribution in [-0.4, -0.2) is 57.9 Å². The number of pyridine rings is 1. The zero-order chi connectivity index (χ0) is 27.4. The van der Waals surface area contributed by atoms with Gasteiger partial charge in [0.2, 0.25) is 5.78 Å². The lowest BCUT2D eigenvalue weighted by Gasteiger charge is -2.29. The summed E-state index contributed by atoms with van der Waals surface area (Å²) in [5.41, 5.74) is 10.2. The van der Waals surface area contributed by atoms with Crippen LogP contribution >= 0.6 is 11.3 Å². The molecule has 1 unspecified atom stereocenters. The van der Waals surface area contributed by atoms with Crippen LogP contribution in [0, 0.1) is 20.8 Å². The number of carbonyl (C=O) groups is 2. The number of aryl methyl sites for hydroxylation is 4. The molecule has 3 aromatic rings. The normalized spacial score (nSPS) is 12.8. The van der Waals surface area contributed by atoms with E-state index in [-0.39, 0.29) is 9.90 Å². The third kappa shape index (κ3) is 6.36. The van der Waals surface area contributed by atoms with Crippen molar-refractivity contribution in [1.82, 2.24) is 15.2 Å². The number of aromatic nitrogens is 3. The molecule has 0 saturated carbocycles. The minimum Gasteiger partial charge on any atom is -0.479 e. The minimum absolute atomic E-state index is 0.178. The molecule has 1 aromatic carbocycles. The number of carboxylic acids is 1. The van der Waals surface area contributed by atoms with Crippen LogP contribution in [0.3, 0.4) is 0 Å². The number of aliphatic carboxylic acids is 1. The van der Waals surface area contributed by atoms with E-state index >= 15 is 0 Å². The Morgan fingerprint density at radius 1 is 1.11 bits per heavy atom. The quantitative estimate of drug-likeness (QED) is 0.148. The molecule has 0 radical (unpaired) electrons. The Morgan fingerprint density at radius 2 is 1.78 bits per heavy atom. The number of nitrogens with two attached hydrogens (primary N) is 2. The second kappa shape index (κ2) is 11.4. The number of nitrogens with zero attached hydrogens (tertiary/aromatic N) is 3. The molecule has 3 rings (SSSR count). The summed E-state index contributed by atoms with van der Waals surface area (Å²) in [5, 5.41) is 18.6. The van der Waals surface area contributed by atoms with Gasteiger partial charge < -0.3 is 21.9 Å². The Bertz CT molecular complexity index is 1370. The maximum absolute atomic E-state index is 13.7. The van der Waals surface area contributed by atoms with Gasteiger partial charge in [0.15, 0.2) is 25.8 Å². The summed E-state index contributed by atoms with van der Waals surface area (Å²) in [6, 6.07) is 8.82. The fraction of sp³-hybridized carbons (Fsp3) is 0.375. The van der Waals surface area contributed by atoms with Crippen LogP contribution in [0.1, 0.15) is 44.3 Å². The van der Waals surface area contributed by atoms with Crippen molar-refractivity contribution < 1.29 is 23.1 Å². The summed E-state index contributed by atoms with van der Waals surface area (Å²) in [6.07, 6.45) is 3.70. The highest BCUT2D eigenvalue weighted by atomic mass is 32.2.